The van der Waals surface area contributed by atoms with Crippen molar-refractivity contribution in [2.24, 2.45) is 11.8 Å². The third-order valence-electron chi connectivity index (χ3n) is 4.27. The van der Waals surface area contributed by atoms with Gasteiger partial charge in [-0.2, -0.15) is 0 Å². The summed E-state index contributed by atoms with van der Waals surface area (Å²) in [5, 5.41) is 9.10. The van der Waals surface area contributed by atoms with Crippen LogP contribution in [0.25, 0.3) is 0 Å². The molecule has 0 amide bonds. The summed E-state index contributed by atoms with van der Waals surface area (Å²) in [6.07, 6.45) is 5.05. The van der Waals surface area contributed by atoms with Gasteiger partial charge in [0.05, 0.1) is 0 Å². The smallest absolute Gasteiger partial charge is 0.190 e. The van der Waals surface area contributed by atoms with Crippen LogP contribution in [0.4, 0.5) is 0 Å². The molecule has 1 rings (SSSR count). The number of allylic oxidation sites excluding steroid dienone is 1. The monoisotopic (exact) mass is 254 g/mol. The lowest BCUT2D eigenvalue weighted by atomic mass is 9.87. The van der Waals surface area contributed by atoms with Crippen LogP contribution >= 0.6 is 0 Å². The van der Waals surface area contributed by atoms with Gasteiger partial charge in [-0.15, -0.1) is 6.58 Å². The Morgan fingerprint density at radius 1 is 1.56 bits per heavy atom. The normalized spacial score (nSPS) is 31.6. The SMILES string of the molecule is C=C(C)CCC[C@@H]1C[C@@H](C)[C@](OC)(C(=O)CO)C1. The van der Waals surface area contributed by atoms with Crippen LogP contribution in [-0.2, 0) is 9.53 Å². The second-order valence-corrected chi connectivity index (χ2v) is 5.73. The van der Waals surface area contributed by atoms with Gasteiger partial charge < -0.3 is 9.84 Å². The van der Waals surface area contributed by atoms with Gasteiger partial charge in [0.2, 0.25) is 0 Å². The molecule has 3 nitrogen and oxygen atoms in total. The molecule has 104 valence electrons. The van der Waals surface area contributed by atoms with E-state index in [2.05, 4.69) is 13.5 Å². The van der Waals surface area contributed by atoms with Crippen LogP contribution in [0.5, 0.6) is 0 Å². The maximum Gasteiger partial charge on any atom is 0.190 e. The van der Waals surface area contributed by atoms with Crippen molar-refractivity contribution in [3.63, 3.8) is 0 Å². The number of methoxy groups -OCH3 is 1. The Hall–Kier alpha value is -0.670. The highest BCUT2D eigenvalue weighted by Crippen LogP contribution is 2.44. The first-order valence-electron chi connectivity index (χ1n) is 6.80. The molecule has 0 spiro atoms. The Morgan fingerprint density at radius 3 is 2.72 bits per heavy atom. The minimum Gasteiger partial charge on any atom is -0.388 e. The number of ether oxygens (including phenoxy) is 1. The molecule has 0 saturated heterocycles. The molecule has 1 N–H and O–H groups in total. The number of carbonyl (C=O) groups excluding carboxylic acids is 1. The first kappa shape index (κ1) is 15.4. The molecule has 18 heavy (non-hydrogen) atoms. The summed E-state index contributed by atoms with van der Waals surface area (Å²) in [6, 6.07) is 0. The van der Waals surface area contributed by atoms with Crippen molar-refractivity contribution in [1.29, 1.82) is 0 Å². The van der Waals surface area contributed by atoms with Crippen LogP contribution < -0.4 is 0 Å². The molecular weight excluding hydrogens is 228 g/mol. The van der Waals surface area contributed by atoms with E-state index >= 15 is 0 Å². The van der Waals surface area contributed by atoms with Gasteiger partial charge in [0.25, 0.3) is 0 Å². The van der Waals surface area contributed by atoms with Gasteiger partial charge >= 0.3 is 0 Å². The summed E-state index contributed by atoms with van der Waals surface area (Å²) < 4.78 is 5.49. The van der Waals surface area contributed by atoms with Gasteiger partial charge in [-0.25, -0.2) is 0 Å². The zero-order valence-electron chi connectivity index (χ0n) is 11.9. The quantitative estimate of drug-likeness (QED) is 0.711. The number of hydrogen-bond acceptors (Lipinski definition) is 3. The van der Waals surface area contributed by atoms with E-state index in [1.54, 1.807) is 7.11 Å². The Kier molecular flexibility index (Phi) is 5.54. The summed E-state index contributed by atoms with van der Waals surface area (Å²) in [6.45, 7) is 7.59. The topological polar surface area (TPSA) is 46.5 Å². The summed E-state index contributed by atoms with van der Waals surface area (Å²) in [5.41, 5.74) is 0.466. The van der Waals surface area contributed by atoms with Gasteiger partial charge in [-0.05, 0) is 44.4 Å². The Morgan fingerprint density at radius 2 is 2.22 bits per heavy atom. The fourth-order valence-corrected chi connectivity index (χ4v) is 3.24. The predicted molar refractivity (Wildman–Crippen MR) is 72.4 cm³/mol. The lowest BCUT2D eigenvalue weighted by Gasteiger charge is -2.30. The minimum atomic E-state index is -0.747. The third kappa shape index (κ3) is 3.21. The van der Waals surface area contributed by atoms with Crippen LogP contribution in [-0.4, -0.2) is 30.2 Å². The largest absolute Gasteiger partial charge is 0.388 e. The number of Topliss-reactive ketones (excluding diaryl/α,β-unsaturated/α-hetero) is 1. The van der Waals surface area contributed by atoms with Gasteiger partial charge in [0, 0.05) is 7.11 Å². The number of aliphatic hydroxyl groups excluding tert-OH is 1. The molecule has 0 aromatic carbocycles. The van der Waals surface area contributed by atoms with E-state index < -0.39 is 12.2 Å². The molecule has 0 unspecified atom stereocenters. The van der Waals surface area contributed by atoms with Gasteiger partial charge in [0.1, 0.15) is 12.2 Å². The second kappa shape index (κ2) is 6.48. The van der Waals surface area contributed by atoms with Gasteiger partial charge in [-0.1, -0.05) is 18.9 Å². The van der Waals surface area contributed by atoms with Gasteiger partial charge in [0.15, 0.2) is 5.78 Å². The molecule has 0 aromatic rings. The Labute approximate surface area is 110 Å². The lowest BCUT2D eigenvalue weighted by Crippen LogP contribution is -2.45. The maximum absolute atomic E-state index is 11.9. The molecule has 0 radical (unpaired) electrons. The first-order chi connectivity index (χ1) is 8.46. The molecule has 0 heterocycles. The number of carbonyl (C=O) groups is 1. The summed E-state index contributed by atoms with van der Waals surface area (Å²) >= 11 is 0. The van der Waals surface area contributed by atoms with Crippen LogP contribution in [0.15, 0.2) is 12.2 Å². The fourth-order valence-electron chi connectivity index (χ4n) is 3.24. The molecule has 1 aliphatic rings. The van der Waals surface area contributed by atoms with E-state index in [9.17, 15) is 4.79 Å². The maximum atomic E-state index is 11.9. The molecule has 1 fully saturated rings. The highest BCUT2D eigenvalue weighted by molar-refractivity contribution is 5.89. The number of hydrogen-bond donors (Lipinski definition) is 1. The van der Waals surface area contributed by atoms with Crippen LogP contribution in [0, 0.1) is 11.8 Å². The second-order valence-electron chi connectivity index (χ2n) is 5.73. The van der Waals surface area contributed by atoms with Crippen molar-refractivity contribution in [3.8, 4) is 0 Å². The Bertz CT molecular complexity index is 311. The van der Waals surface area contributed by atoms with Crippen molar-refractivity contribution in [2.45, 2.75) is 51.6 Å². The average molecular weight is 254 g/mol. The number of aliphatic hydroxyl groups is 1. The van der Waals surface area contributed by atoms with Crippen molar-refractivity contribution in [2.75, 3.05) is 13.7 Å². The molecule has 3 heteroatoms. The van der Waals surface area contributed by atoms with Crippen LogP contribution in [0.1, 0.15) is 46.0 Å². The molecular formula is C15H26O3. The minimum absolute atomic E-state index is 0.167. The molecule has 0 bridgehead atoms. The highest BCUT2D eigenvalue weighted by Gasteiger charge is 2.49. The van der Waals surface area contributed by atoms with E-state index in [-0.39, 0.29) is 11.7 Å². The summed E-state index contributed by atoms with van der Waals surface area (Å²) in [5.74, 6) is 0.548. The third-order valence-corrected chi connectivity index (χ3v) is 4.27. The van der Waals surface area contributed by atoms with E-state index in [1.807, 2.05) is 6.92 Å². The first-order valence-corrected chi connectivity index (χ1v) is 6.80. The number of rotatable bonds is 7. The van der Waals surface area contributed by atoms with Gasteiger partial charge in [-0.3, -0.25) is 4.79 Å². The lowest BCUT2D eigenvalue weighted by molar-refractivity contribution is -0.148. The molecule has 1 aliphatic carbocycles. The standard InChI is InChI=1S/C15H26O3/c1-11(2)6-5-7-13-8-12(3)15(9-13,18-4)14(17)10-16/h12-13,16H,1,5-10H2,2-4H3/t12-,13-,15+/m1/s1. The number of ketones is 1. The van der Waals surface area contributed by atoms with Crippen molar-refractivity contribution in [1.82, 2.24) is 0 Å². The highest BCUT2D eigenvalue weighted by atomic mass is 16.5. The summed E-state index contributed by atoms with van der Waals surface area (Å²) in [4.78, 5) is 11.9. The molecule has 1 saturated carbocycles. The zero-order valence-corrected chi connectivity index (χ0v) is 11.9. The van der Waals surface area contributed by atoms with Crippen LogP contribution in [0.3, 0.4) is 0 Å². The van der Waals surface area contributed by atoms with Crippen molar-refractivity contribution in [3.05, 3.63) is 12.2 Å². The predicted octanol–water partition coefficient (Wildman–Crippen LogP) is 2.73. The van der Waals surface area contributed by atoms with E-state index in [0.29, 0.717) is 5.92 Å². The average Bonchev–Trinajstić information content (AvgIpc) is 2.65. The van der Waals surface area contributed by atoms with Crippen molar-refractivity contribution >= 4 is 5.78 Å². The van der Waals surface area contributed by atoms with Crippen LogP contribution in [0.2, 0.25) is 0 Å². The molecule has 0 aromatic heterocycles. The Balaban J connectivity index is 2.59. The van der Waals surface area contributed by atoms with E-state index in [1.165, 1.54) is 5.57 Å². The van der Waals surface area contributed by atoms with E-state index in [4.69, 9.17) is 9.84 Å². The van der Waals surface area contributed by atoms with E-state index in [0.717, 1.165) is 32.1 Å². The fraction of sp³-hybridized carbons (Fsp3) is 0.800. The molecule has 3 atom stereocenters. The zero-order chi connectivity index (χ0) is 13.8. The van der Waals surface area contributed by atoms with Crippen molar-refractivity contribution < 1.29 is 14.6 Å². The summed E-state index contributed by atoms with van der Waals surface area (Å²) in [7, 11) is 1.58. The molecule has 0 aliphatic heterocycles.